The van der Waals surface area contributed by atoms with Crippen molar-refractivity contribution in [3.8, 4) is 0 Å². The first-order valence-corrected chi connectivity index (χ1v) is 5.98. The van der Waals surface area contributed by atoms with E-state index in [0.717, 1.165) is 0 Å². The number of amides is 3. The van der Waals surface area contributed by atoms with Crippen molar-refractivity contribution in [3.63, 3.8) is 0 Å². The third-order valence-electron chi connectivity index (χ3n) is 2.31. The van der Waals surface area contributed by atoms with E-state index in [0.29, 0.717) is 23.2 Å². The highest BCUT2D eigenvalue weighted by atomic mass is 32.1. The van der Waals surface area contributed by atoms with Crippen LogP contribution in [0.25, 0.3) is 11.1 Å². The molecule has 8 heteroatoms. The van der Waals surface area contributed by atoms with E-state index in [4.69, 9.17) is 16.6 Å². The van der Waals surface area contributed by atoms with Gasteiger partial charge in [-0.1, -0.05) is 0 Å². The number of oxazole rings is 1. The normalized spacial score (nSPS) is 10.2. The summed E-state index contributed by atoms with van der Waals surface area (Å²) in [6, 6.07) is 4.33. The van der Waals surface area contributed by atoms with Gasteiger partial charge in [-0.3, -0.25) is 10.2 Å². The van der Waals surface area contributed by atoms with Gasteiger partial charge in [0.2, 0.25) is 0 Å². The third-order valence-corrected chi connectivity index (χ3v) is 2.50. The Labute approximate surface area is 113 Å². The second kappa shape index (κ2) is 5.53. The molecule has 0 radical (unpaired) electrons. The average molecular weight is 280 g/mol. The van der Waals surface area contributed by atoms with Crippen LogP contribution in [0.5, 0.6) is 0 Å². The van der Waals surface area contributed by atoms with Crippen LogP contribution in [0.4, 0.5) is 4.79 Å². The van der Waals surface area contributed by atoms with E-state index in [1.165, 1.54) is 6.07 Å². The zero-order valence-electron chi connectivity index (χ0n) is 10.1. The van der Waals surface area contributed by atoms with Crippen molar-refractivity contribution in [2.75, 3.05) is 6.54 Å². The number of aromatic nitrogens is 1. The van der Waals surface area contributed by atoms with Crippen molar-refractivity contribution in [1.29, 1.82) is 0 Å². The number of aromatic amines is 1. The number of fused-ring (bicyclic) bond motifs is 1. The fourth-order valence-electron chi connectivity index (χ4n) is 1.48. The number of hydrogen-bond donors (Lipinski definition) is 4. The highest BCUT2D eigenvalue weighted by molar-refractivity contribution is 7.71. The second-order valence-electron chi connectivity index (χ2n) is 3.66. The maximum atomic E-state index is 11.8. The van der Waals surface area contributed by atoms with Gasteiger partial charge in [-0.2, -0.15) is 0 Å². The van der Waals surface area contributed by atoms with Gasteiger partial charge < -0.3 is 14.7 Å². The Morgan fingerprint density at radius 2 is 2.16 bits per heavy atom. The zero-order valence-corrected chi connectivity index (χ0v) is 10.9. The first-order chi connectivity index (χ1) is 9.10. The molecule has 4 N–H and O–H groups in total. The van der Waals surface area contributed by atoms with Crippen LogP contribution in [0.3, 0.4) is 0 Å². The zero-order chi connectivity index (χ0) is 13.8. The predicted octanol–water partition coefficient (Wildman–Crippen LogP) is 1.45. The van der Waals surface area contributed by atoms with E-state index in [9.17, 15) is 9.59 Å². The summed E-state index contributed by atoms with van der Waals surface area (Å²) >= 11 is 4.85. The average Bonchev–Trinajstić information content (AvgIpc) is 2.75. The summed E-state index contributed by atoms with van der Waals surface area (Å²) < 4.78 is 5.20. The first-order valence-electron chi connectivity index (χ1n) is 5.57. The number of carbonyl (C=O) groups is 2. The molecule has 1 aromatic heterocycles. The number of nitrogens with one attached hydrogen (secondary N) is 4. The molecule has 0 bridgehead atoms. The highest BCUT2D eigenvalue weighted by Gasteiger charge is 2.09. The molecule has 0 aliphatic rings. The van der Waals surface area contributed by atoms with E-state index >= 15 is 0 Å². The number of H-pyrrole nitrogens is 1. The molecular weight excluding hydrogens is 268 g/mol. The monoisotopic (exact) mass is 280 g/mol. The Balaban J connectivity index is 2.08. The lowest BCUT2D eigenvalue weighted by Gasteiger charge is -2.07. The topological polar surface area (TPSA) is 99.2 Å². The molecular formula is C11H12N4O3S. The minimum absolute atomic E-state index is 0.244. The van der Waals surface area contributed by atoms with Crippen LogP contribution in [-0.2, 0) is 0 Å². The van der Waals surface area contributed by atoms with Crippen LogP contribution in [0.2, 0.25) is 0 Å². The third kappa shape index (κ3) is 3.10. The molecule has 0 fully saturated rings. The minimum Gasteiger partial charge on any atom is -0.429 e. The molecule has 1 heterocycles. The molecule has 3 amide bonds. The molecule has 100 valence electrons. The SMILES string of the molecule is CCNC(=O)NNC(=O)c1ccc2[nH]c(=S)oc2c1. The van der Waals surface area contributed by atoms with Gasteiger partial charge in [0.25, 0.3) is 10.7 Å². The molecule has 1 aromatic carbocycles. The molecule has 0 saturated heterocycles. The summed E-state index contributed by atoms with van der Waals surface area (Å²) in [5.41, 5.74) is 6.04. The number of rotatable bonds is 2. The summed E-state index contributed by atoms with van der Waals surface area (Å²) in [5.74, 6) is -0.449. The van der Waals surface area contributed by atoms with Gasteiger partial charge in [0.15, 0.2) is 5.58 Å². The van der Waals surface area contributed by atoms with E-state index in [2.05, 4.69) is 21.2 Å². The number of hydrazine groups is 1. The van der Waals surface area contributed by atoms with Crippen LogP contribution in [0.15, 0.2) is 22.6 Å². The Hall–Kier alpha value is -2.35. The molecule has 0 atom stereocenters. The number of carbonyl (C=O) groups excluding carboxylic acids is 2. The summed E-state index contributed by atoms with van der Waals surface area (Å²) in [7, 11) is 0. The summed E-state index contributed by atoms with van der Waals surface area (Å²) in [6.07, 6.45) is 0. The standard InChI is InChI=1S/C11H12N4O3S/c1-2-12-10(17)15-14-9(16)6-3-4-7-8(5-6)18-11(19)13-7/h3-5H,2H2,1H3,(H,13,19)(H,14,16)(H2,12,15,17). The van der Waals surface area contributed by atoms with Crippen molar-refractivity contribution >= 4 is 35.3 Å². The van der Waals surface area contributed by atoms with Gasteiger partial charge in [-0.15, -0.1) is 0 Å². The maximum absolute atomic E-state index is 11.8. The van der Waals surface area contributed by atoms with Crippen molar-refractivity contribution in [2.45, 2.75) is 6.92 Å². The lowest BCUT2D eigenvalue weighted by molar-refractivity contribution is 0.0936. The number of hydrogen-bond acceptors (Lipinski definition) is 4. The Kier molecular flexibility index (Phi) is 3.81. The Morgan fingerprint density at radius 3 is 2.89 bits per heavy atom. The summed E-state index contributed by atoms with van der Waals surface area (Å²) in [4.78, 5) is 26.0. The molecule has 2 rings (SSSR count). The van der Waals surface area contributed by atoms with Gasteiger partial charge in [0.1, 0.15) is 0 Å². The van der Waals surface area contributed by atoms with Crippen LogP contribution >= 0.6 is 12.2 Å². The van der Waals surface area contributed by atoms with Crippen LogP contribution in [0.1, 0.15) is 17.3 Å². The van der Waals surface area contributed by atoms with Crippen molar-refractivity contribution in [3.05, 3.63) is 28.6 Å². The van der Waals surface area contributed by atoms with Crippen molar-refractivity contribution in [1.82, 2.24) is 21.2 Å². The number of benzene rings is 1. The van der Waals surface area contributed by atoms with Gasteiger partial charge in [0.05, 0.1) is 5.52 Å². The largest absolute Gasteiger partial charge is 0.429 e. The van der Waals surface area contributed by atoms with E-state index in [-0.39, 0.29) is 4.84 Å². The van der Waals surface area contributed by atoms with Crippen molar-refractivity contribution < 1.29 is 14.0 Å². The number of urea groups is 1. The van der Waals surface area contributed by atoms with Gasteiger partial charge in [-0.25, -0.2) is 10.2 Å². The van der Waals surface area contributed by atoms with Gasteiger partial charge in [-0.05, 0) is 37.3 Å². The highest BCUT2D eigenvalue weighted by Crippen LogP contribution is 2.15. The van der Waals surface area contributed by atoms with Gasteiger partial charge >= 0.3 is 6.03 Å². The van der Waals surface area contributed by atoms with Crippen LogP contribution < -0.4 is 16.2 Å². The fourth-order valence-corrected chi connectivity index (χ4v) is 1.68. The lowest BCUT2D eigenvalue weighted by atomic mass is 10.2. The quantitative estimate of drug-likeness (QED) is 0.494. The van der Waals surface area contributed by atoms with Crippen LogP contribution in [0, 0.1) is 4.84 Å². The lowest BCUT2D eigenvalue weighted by Crippen LogP contribution is -2.46. The molecule has 0 spiro atoms. The second-order valence-corrected chi connectivity index (χ2v) is 4.03. The van der Waals surface area contributed by atoms with Crippen molar-refractivity contribution in [2.24, 2.45) is 0 Å². The smallest absolute Gasteiger partial charge is 0.333 e. The molecule has 0 unspecified atom stereocenters. The minimum atomic E-state index is -0.476. The van der Waals surface area contributed by atoms with E-state index < -0.39 is 11.9 Å². The fraction of sp³-hybridized carbons (Fsp3) is 0.182. The van der Waals surface area contributed by atoms with E-state index in [1.54, 1.807) is 19.1 Å². The summed E-state index contributed by atoms with van der Waals surface area (Å²) in [6.45, 7) is 2.24. The summed E-state index contributed by atoms with van der Waals surface area (Å²) in [5, 5.41) is 2.48. The van der Waals surface area contributed by atoms with E-state index in [1.807, 2.05) is 0 Å². The Bertz CT molecular complexity index is 676. The van der Waals surface area contributed by atoms with Gasteiger partial charge in [0, 0.05) is 12.1 Å². The Morgan fingerprint density at radius 1 is 1.37 bits per heavy atom. The molecule has 0 aliphatic heterocycles. The molecule has 2 aromatic rings. The molecule has 7 nitrogen and oxygen atoms in total. The van der Waals surface area contributed by atoms with Crippen LogP contribution in [-0.4, -0.2) is 23.5 Å². The maximum Gasteiger partial charge on any atom is 0.333 e. The predicted molar refractivity (Wildman–Crippen MR) is 71.1 cm³/mol. The molecule has 0 saturated carbocycles. The first kappa shape index (κ1) is 13.1. The molecule has 19 heavy (non-hydrogen) atoms. The molecule has 0 aliphatic carbocycles.